The van der Waals surface area contributed by atoms with Gasteiger partial charge in [-0.1, -0.05) is 69.7 Å². The first-order valence-corrected chi connectivity index (χ1v) is 13.6. The van der Waals surface area contributed by atoms with Crippen molar-refractivity contribution >= 4 is 18.1 Å². The van der Waals surface area contributed by atoms with Gasteiger partial charge in [-0.25, -0.2) is 8.42 Å². The van der Waals surface area contributed by atoms with Gasteiger partial charge in [-0.05, 0) is 18.0 Å². The van der Waals surface area contributed by atoms with Crippen LogP contribution in [0.25, 0.3) is 0 Å². The topological polar surface area (TPSA) is 37.1 Å². The van der Waals surface area contributed by atoms with Crippen LogP contribution in [0, 0.1) is 0 Å². The highest BCUT2D eigenvalue weighted by molar-refractivity contribution is 7.89. The minimum Gasteiger partial charge on any atom is -0.212 e. The fourth-order valence-electron chi connectivity index (χ4n) is 2.89. The summed E-state index contributed by atoms with van der Waals surface area (Å²) in [6.07, 6.45) is 3.18. The van der Waals surface area contributed by atoms with Crippen LogP contribution in [0.4, 0.5) is 0 Å². The summed E-state index contributed by atoms with van der Waals surface area (Å²) in [7, 11) is -4.47. The highest BCUT2D eigenvalue weighted by Gasteiger charge is 2.54. The maximum Gasteiger partial charge on any atom is 0.214 e. The molecule has 1 aliphatic rings. The Balaban J connectivity index is 2.13. The Morgan fingerprint density at radius 2 is 1.77 bits per heavy atom. The highest BCUT2D eigenvalue weighted by Crippen LogP contribution is 2.48. The number of nitrogens with zero attached hydrogens (tertiary/aromatic N) is 1. The minimum atomic E-state index is -3.13. The summed E-state index contributed by atoms with van der Waals surface area (Å²) in [5.41, 5.74) is 1.14. The van der Waals surface area contributed by atoms with Crippen LogP contribution in [0.2, 0.25) is 25.7 Å². The van der Waals surface area contributed by atoms with E-state index in [9.17, 15) is 8.42 Å². The number of rotatable bonds is 8. The quantitative estimate of drug-likeness (QED) is 0.524. The van der Waals surface area contributed by atoms with E-state index in [0.717, 1.165) is 30.9 Å². The number of benzene rings is 1. The zero-order valence-electron chi connectivity index (χ0n) is 14.2. The van der Waals surface area contributed by atoms with Gasteiger partial charge in [-0.3, -0.25) is 0 Å². The van der Waals surface area contributed by atoms with Gasteiger partial charge in [-0.15, -0.1) is 0 Å². The molecule has 0 N–H and O–H groups in total. The van der Waals surface area contributed by atoms with E-state index >= 15 is 0 Å². The van der Waals surface area contributed by atoms with E-state index in [2.05, 4.69) is 38.7 Å². The van der Waals surface area contributed by atoms with Gasteiger partial charge in [0.2, 0.25) is 10.0 Å². The third kappa shape index (κ3) is 4.43. The summed E-state index contributed by atoms with van der Waals surface area (Å²) in [4.78, 5) is 0. The molecule has 2 rings (SSSR count). The first-order chi connectivity index (χ1) is 10.3. The molecule has 5 heteroatoms. The minimum absolute atomic E-state index is 0.0689. The summed E-state index contributed by atoms with van der Waals surface area (Å²) in [5.74, 6) is 0.314. The third-order valence-electron chi connectivity index (χ3n) is 4.30. The number of hydrogen-bond donors (Lipinski definition) is 0. The molecule has 3 nitrogen and oxygen atoms in total. The standard InChI is InChI=1S/C17H29NO2SSi/c1-5-6-12-16-17(15-10-8-7-9-11-15)18(16)21(19,20)13-14-22(2,3)4/h7-11,16-17H,5-6,12-14H2,1-4H3. The Morgan fingerprint density at radius 3 is 2.32 bits per heavy atom. The molecule has 0 aliphatic carbocycles. The summed E-state index contributed by atoms with van der Waals surface area (Å²) in [6, 6.07) is 11.2. The lowest BCUT2D eigenvalue weighted by atomic mass is 10.1. The number of sulfonamides is 1. The van der Waals surface area contributed by atoms with Crippen LogP contribution in [-0.4, -0.2) is 32.6 Å². The molecule has 1 fully saturated rings. The van der Waals surface area contributed by atoms with Crippen molar-refractivity contribution in [1.82, 2.24) is 4.31 Å². The first kappa shape index (κ1) is 17.7. The molecule has 1 aliphatic heterocycles. The van der Waals surface area contributed by atoms with Crippen molar-refractivity contribution < 1.29 is 8.42 Å². The average Bonchev–Trinajstić information content (AvgIpc) is 3.19. The summed E-state index contributed by atoms with van der Waals surface area (Å²) in [6.45, 7) is 8.85. The summed E-state index contributed by atoms with van der Waals surface area (Å²) < 4.78 is 27.3. The normalized spacial score (nSPS) is 25.2. The zero-order valence-corrected chi connectivity index (χ0v) is 16.1. The van der Waals surface area contributed by atoms with Crippen LogP contribution in [0.1, 0.15) is 37.8 Å². The van der Waals surface area contributed by atoms with Crippen LogP contribution >= 0.6 is 0 Å². The molecule has 0 radical (unpaired) electrons. The SMILES string of the molecule is CCCCC1C(c2ccccc2)N1S(=O)(=O)CC[Si](C)(C)C. The molecule has 124 valence electrons. The molecular weight excluding hydrogens is 310 g/mol. The Bertz CT molecular complexity index is 580. The van der Waals surface area contributed by atoms with Gasteiger partial charge in [0, 0.05) is 14.1 Å². The van der Waals surface area contributed by atoms with E-state index in [-0.39, 0.29) is 12.1 Å². The molecule has 0 aromatic heterocycles. The second-order valence-electron chi connectivity index (χ2n) is 7.52. The van der Waals surface area contributed by atoms with Gasteiger partial charge < -0.3 is 0 Å². The smallest absolute Gasteiger partial charge is 0.212 e. The van der Waals surface area contributed by atoms with Gasteiger partial charge in [0.25, 0.3) is 0 Å². The fraction of sp³-hybridized carbons (Fsp3) is 0.647. The van der Waals surface area contributed by atoms with Crippen LogP contribution in [0.15, 0.2) is 30.3 Å². The van der Waals surface area contributed by atoms with Crippen LogP contribution in [0.3, 0.4) is 0 Å². The fourth-order valence-corrected chi connectivity index (χ4v) is 7.77. The predicted octanol–water partition coefficient (Wildman–Crippen LogP) is 4.27. The molecule has 22 heavy (non-hydrogen) atoms. The second kappa shape index (κ2) is 6.85. The lowest BCUT2D eigenvalue weighted by Crippen LogP contribution is -2.27. The van der Waals surface area contributed by atoms with E-state index < -0.39 is 18.1 Å². The Hall–Kier alpha value is -0.653. The van der Waals surface area contributed by atoms with Crippen LogP contribution in [0.5, 0.6) is 0 Å². The van der Waals surface area contributed by atoms with E-state index in [1.807, 2.05) is 18.2 Å². The molecule has 0 bridgehead atoms. The molecular formula is C17H29NO2SSi. The van der Waals surface area contributed by atoms with E-state index in [1.165, 1.54) is 0 Å². The van der Waals surface area contributed by atoms with E-state index in [0.29, 0.717) is 5.75 Å². The Labute approximate surface area is 136 Å². The molecule has 0 spiro atoms. The predicted molar refractivity (Wildman–Crippen MR) is 96.3 cm³/mol. The van der Waals surface area contributed by atoms with Gasteiger partial charge in [-0.2, -0.15) is 4.31 Å². The summed E-state index contributed by atoms with van der Waals surface area (Å²) >= 11 is 0. The number of hydrogen-bond acceptors (Lipinski definition) is 2. The lowest BCUT2D eigenvalue weighted by Gasteiger charge is -2.16. The molecule has 3 atom stereocenters. The van der Waals surface area contributed by atoms with Crippen molar-refractivity contribution in [3.05, 3.63) is 35.9 Å². The Kier molecular flexibility index (Phi) is 5.51. The lowest BCUT2D eigenvalue weighted by molar-refractivity contribution is 0.539. The molecule has 1 aromatic carbocycles. The van der Waals surface area contributed by atoms with Gasteiger partial charge in [0.05, 0.1) is 11.8 Å². The van der Waals surface area contributed by atoms with E-state index in [4.69, 9.17) is 0 Å². The summed E-state index contributed by atoms with van der Waals surface area (Å²) in [5, 5.41) is 0. The van der Waals surface area contributed by atoms with Crippen LogP contribution in [-0.2, 0) is 10.0 Å². The van der Waals surface area contributed by atoms with Gasteiger partial charge in [0.15, 0.2) is 0 Å². The maximum atomic E-state index is 12.7. The maximum absolute atomic E-state index is 12.7. The zero-order chi connectivity index (χ0) is 16.4. The van der Waals surface area contributed by atoms with E-state index in [1.54, 1.807) is 4.31 Å². The van der Waals surface area contributed by atoms with Crippen molar-refractivity contribution in [2.45, 2.75) is 64.0 Å². The monoisotopic (exact) mass is 339 g/mol. The first-order valence-electron chi connectivity index (χ1n) is 8.32. The third-order valence-corrected chi connectivity index (χ3v) is 8.27. The molecule has 3 unspecified atom stereocenters. The molecule has 0 amide bonds. The number of unbranched alkanes of at least 4 members (excludes halogenated alkanes) is 1. The highest BCUT2D eigenvalue weighted by atomic mass is 32.2. The van der Waals surface area contributed by atoms with Crippen molar-refractivity contribution in [3.63, 3.8) is 0 Å². The second-order valence-corrected chi connectivity index (χ2v) is 15.1. The van der Waals surface area contributed by atoms with Crippen molar-refractivity contribution in [2.24, 2.45) is 0 Å². The molecule has 1 heterocycles. The average molecular weight is 340 g/mol. The molecule has 1 aromatic rings. The molecule has 0 saturated carbocycles. The van der Waals surface area contributed by atoms with Crippen molar-refractivity contribution in [1.29, 1.82) is 0 Å². The van der Waals surface area contributed by atoms with Crippen LogP contribution < -0.4 is 0 Å². The molecule has 1 saturated heterocycles. The van der Waals surface area contributed by atoms with Gasteiger partial charge in [0.1, 0.15) is 0 Å². The van der Waals surface area contributed by atoms with Gasteiger partial charge >= 0.3 is 0 Å². The largest absolute Gasteiger partial charge is 0.214 e. The van der Waals surface area contributed by atoms with Crippen molar-refractivity contribution in [3.8, 4) is 0 Å². The van der Waals surface area contributed by atoms with Crippen molar-refractivity contribution in [2.75, 3.05) is 5.75 Å². The Morgan fingerprint density at radius 1 is 1.14 bits per heavy atom.